The van der Waals surface area contributed by atoms with Gasteiger partial charge in [0.05, 0.1) is 18.4 Å². The zero-order valence-electron chi connectivity index (χ0n) is 12.1. The highest BCUT2D eigenvalue weighted by atomic mass is 32.1. The summed E-state index contributed by atoms with van der Waals surface area (Å²) < 4.78 is 18.4. The molecule has 4 nitrogen and oxygen atoms in total. The first-order chi connectivity index (χ1) is 10.5. The fourth-order valence-electron chi connectivity index (χ4n) is 1.85. The molecular weight excluding hydrogens is 303 g/mol. The molecule has 0 radical (unpaired) electrons. The largest absolute Gasteiger partial charge is 0.465 e. The van der Waals surface area contributed by atoms with Crippen molar-refractivity contribution >= 4 is 34.7 Å². The molecule has 2 N–H and O–H groups in total. The van der Waals surface area contributed by atoms with E-state index >= 15 is 0 Å². The summed E-state index contributed by atoms with van der Waals surface area (Å²) in [6, 6.07) is 11.5. The van der Waals surface area contributed by atoms with E-state index in [1.807, 2.05) is 6.92 Å². The van der Waals surface area contributed by atoms with Gasteiger partial charge in [-0.05, 0) is 55.0 Å². The van der Waals surface area contributed by atoms with Crippen LogP contribution < -0.4 is 10.6 Å². The SMILES string of the molecule is COC(=O)c1cccc(NC(=S)Nc2ccc(C)cc2F)c1. The summed E-state index contributed by atoms with van der Waals surface area (Å²) >= 11 is 5.14. The predicted molar refractivity (Wildman–Crippen MR) is 88.8 cm³/mol. The minimum absolute atomic E-state index is 0.227. The lowest BCUT2D eigenvalue weighted by atomic mass is 10.2. The van der Waals surface area contributed by atoms with Crippen LogP contribution in [0.5, 0.6) is 0 Å². The van der Waals surface area contributed by atoms with Crippen molar-refractivity contribution in [1.82, 2.24) is 0 Å². The number of benzene rings is 2. The Balaban J connectivity index is 2.07. The van der Waals surface area contributed by atoms with Crippen LogP contribution >= 0.6 is 12.2 Å². The van der Waals surface area contributed by atoms with Crippen LogP contribution in [0, 0.1) is 12.7 Å². The van der Waals surface area contributed by atoms with Crippen molar-refractivity contribution in [1.29, 1.82) is 0 Å². The van der Waals surface area contributed by atoms with Gasteiger partial charge in [-0.15, -0.1) is 0 Å². The van der Waals surface area contributed by atoms with Crippen molar-refractivity contribution in [2.24, 2.45) is 0 Å². The Kier molecular flexibility index (Phi) is 5.06. The number of anilines is 2. The zero-order valence-corrected chi connectivity index (χ0v) is 13.0. The Morgan fingerprint density at radius 2 is 1.95 bits per heavy atom. The first kappa shape index (κ1) is 15.9. The minimum atomic E-state index is -0.438. The molecular formula is C16H15FN2O2S. The van der Waals surface area contributed by atoms with Gasteiger partial charge in [0.25, 0.3) is 0 Å². The average molecular weight is 318 g/mol. The summed E-state index contributed by atoms with van der Waals surface area (Å²) in [5.41, 5.74) is 2.12. The van der Waals surface area contributed by atoms with E-state index in [4.69, 9.17) is 12.2 Å². The molecule has 0 fully saturated rings. The van der Waals surface area contributed by atoms with E-state index in [9.17, 15) is 9.18 Å². The van der Waals surface area contributed by atoms with E-state index in [2.05, 4.69) is 15.4 Å². The first-order valence-electron chi connectivity index (χ1n) is 6.52. The molecule has 0 aliphatic rings. The molecule has 0 saturated carbocycles. The monoisotopic (exact) mass is 318 g/mol. The Morgan fingerprint density at radius 1 is 1.18 bits per heavy atom. The van der Waals surface area contributed by atoms with Crippen LogP contribution in [0.15, 0.2) is 42.5 Å². The number of carbonyl (C=O) groups excluding carboxylic acids is 1. The lowest BCUT2D eigenvalue weighted by molar-refractivity contribution is 0.0601. The molecule has 0 aromatic heterocycles. The molecule has 2 rings (SSSR count). The van der Waals surface area contributed by atoms with Gasteiger partial charge in [0, 0.05) is 5.69 Å². The van der Waals surface area contributed by atoms with Crippen LogP contribution in [0.2, 0.25) is 0 Å². The first-order valence-corrected chi connectivity index (χ1v) is 6.93. The van der Waals surface area contributed by atoms with Crippen LogP contribution in [-0.4, -0.2) is 18.2 Å². The Bertz CT molecular complexity index is 719. The number of esters is 1. The van der Waals surface area contributed by atoms with Gasteiger partial charge in [-0.1, -0.05) is 12.1 Å². The Hall–Kier alpha value is -2.47. The summed E-state index contributed by atoms with van der Waals surface area (Å²) in [6.07, 6.45) is 0. The van der Waals surface area contributed by atoms with Crippen molar-refractivity contribution in [2.45, 2.75) is 6.92 Å². The molecule has 0 heterocycles. The van der Waals surface area contributed by atoms with E-state index in [0.29, 0.717) is 11.3 Å². The van der Waals surface area contributed by atoms with E-state index in [1.54, 1.807) is 36.4 Å². The molecule has 0 aliphatic carbocycles. The molecule has 2 aromatic carbocycles. The van der Waals surface area contributed by atoms with Crippen molar-refractivity contribution in [2.75, 3.05) is 17.7 Å². The fourth-order valence-corrected chi connectivity index (χ4v) is 2.08. The van der Waals surface area contributed by atoms with Gasteiger partial charge in [-0.3, -0.25) is 0 Å². The number of thiocarbonyl (C=S) groups is 1. The molecule has 0 amide bonds. The maximum atomic E-state index is 13.8. The fraction of sp³-hybridized carbons (Fsp3) is 0.125. The van der Waals surface area contributed by atoms with Crippen LogP contribution in [0.25, 0.3) is 0 Å². The Labute approximate surface area is 133 Å². The maximum Gasteiger partial charge on any atom is 0.337 e. The van der Waals surface area contributed by atoms with Gasteiger partial charge in [0.2, 0.25) is 0 Å². The minimum Gasteiger partial charge on any atom is -0.465 e. The molecule has 22 heavy (non-hydrogen) atoms. The molecule has 0 aliphatic heterocycles. The predicted octanol–water partition coefficient (Wildman–Crippen LogP) is 3.73. The highest BCUT2D eigenvalue weighted by Gasteiger charge is 2.08. The van der Waals surface area contributed by atoms with Crippen LogP contribution in [0.4, 0.5) is 15.8 Å². The number of hydrogen-bond acceptors (Lipinski definition) is 3. The number of methoxy groups -OCH3 is 1. The molecule has 0 saturated heterocycles. The average Bonchev–Trinajstić information content (AvgIpc) is 2.49. The summed E-state index contributed by atoms with van der Waals surface area (Å²) in [4.78, 5) is 11.5. The molecule has 0 unspecified atom stereocenters. The summed E-state index contributed by atoms with van der Waals surface area (Å²) in [5, 5.41) is 5.90. The van der Waals surface area contributed by atoms with Crippen LogP contribution in [0.3, 0.4) is 0 Å². The van der Waals surface area contributed by atoms with E-state index in [-0.39, 0.29) is 16.6 Å². The molecule has 2 aromatic rings. The van der Waals surface area contributed by atoms with Gasteiger partial charge in [0.15, 0.2) is 5.11 Å². The van der Waals surface area contributed by atoms with Gasteiger partial charge < -0.3 is 15.4 Å². The number of carbonyl (C=O) groups is 1. The number of aryl methyl sites for hydroxylation is 1. The van der Waals surface area contributed by atoms with E-state index < -0.39 is 5.97 Å². The number of rotatable bonds is 3. The quantitative estimate of drug-likeness (QED) is 0.667. The zero-order chi connectivity index (χ0) is 16.1. The smallest absolute Gasteiger partial charge is 0.337 e. The third-order valence-electron chi connectivity index (χ3n) is 2.91. The molecule has 114 valence electrons. The topological polar surface area (TPSA) is 50.4 Å². The van der Waals surface area contributed by atoms with Gasteiger partial charge in [-0.2, -0.15) is 0 Å². The van der Waals surface area contributed by atoms with E-state index in [0.717, 1.165) is 5.56 Å². The standard InChI is InChI=1S/C16H15FN2O2S/c1-10-6-7-14(13(17)8-10)19-16(22)18-12-5-3-4-11(9-12)15(20)21-2/h3-9H,1-2H3,(H2,18,19,22). The Morgan fingerprint density at radius 3 is 2.64 bits per heavy atom. The van der Waals surface area contributed by atoms with Crippen molar-refractivity contribution < 1.29 is 13.9 Å². The second kappa shape index (κ2) is 7.00. The maximum absolute atomic E-state index is 13.8. The van der Waals surface area contributed by atoms with Gasteiger partial charge >= 0.3 is 5.97 Å². The van der Waals surface area contributed by atoms with Crippen LogP contribution in [0.1, 0.15) is 15.9 Å². The van der Waals surface area contributed by atoms with Gasteiger partial charge in [0.1, 0.15) is 5.82 Å². The normalized spacial score (nSPS) is 9.95. The van der Waals surface area contributed by atoms with Gasteiger partial charge in [-0.25, -0.2) is 9.18 Å². The van der Waals surface area contributed by atoms with Crippen LogP contribution in [-0.2, 0) is 4.74 Å². The van der Waals surface area contributed by atoms with Crippen molar-refractivity contribution in [3.63, 3.8) is 0 Å². The summed E-state index contributed by atoms with van der Waals surface area (Å²) in [5.74, 6) is -0.820. The number of hydrogen-bond donors (Lipinski definition) is 2. The lowest BCUT2D eigenvalue weighted by Gasteiger charge is -2.12. The summed E-state index contributed by atoms with van der Waals surface area (Å²) in [7, 11) is 1.31. The molecule has 0 atom stereocenters. The molecule has 6 heteroatoms. The second-order valence-electron chi connectivity index (χ2n) is 4.63. The van der Waals surface area contributed by atoms with Crippen molar-refractivity contribution in [3.05, 3.63) is 59.4 Å². The summed E-state index contributed by atoms with van der Waals surface area (Å²) in [6.45, 7) is 1.81. The number of nitrogens with one attached hydrogen (secondary N) is 2. The third-order valence-corrected chi connectivity index (χ3v) is 3.12. The van der Waals surface area contributed by atoms with E-state index in [1.165, 1.54) is 13.2 Å². The lowest BCUT2D eigenvalue weighted by Crippen LogP contribution is -2.20. The molecule has 0 spiro atoms. The highest BCUT2D eigenvalue weighted by Crippen LogP contribution is 2.16. The number of halogens is 1. The second-order valence-corrected chi connectivity index (χ2v) is 5.04. The highest BCUT2D eigenvalue weighted by molar-refractivity contribution is 7.80. The van der Waals surface area contributed by atoms with Crippen molar-refractivity contribution in [3.8, 4) is 0 Å². The number of ether oxygens (including phenoxy) is 1. The third kappa shape index (κ3) is 4.02. The molecule has 0 bridgehead atoms.